The van der Waals surface area contributed by atoms with E-state index in [1.807, 2.05) is 0 Å². The van der Waals surface area contributed by atoms with Crippen LogP contribution in [0, 0.1) is 0 Å². The zero-order valence-electron chi connectivity index (χ0n) is 11.9. The van der Waals surface area contributed by atoms with E-state index < -0.39 is 74.3 Å². The van der Waals surface area contributed by atoms with E-state index in [0.717, 1.165) is 0 Å². The van der Waals surface area contributed by atoms with Crippen LogP contribution < -0.4 is 0 Å². The summed E-state index contributed by atoms with van der Waals surface area (Å²) in [5, 5.41) is 66.6. The monoisotopic (exact) mass is 340 g/mol. The predicted octanol–water partition coefficient (Wildman–Crippen LogP) is -5.19. The fourth-order valence-corrected chi connectivity index (χ4v) is 2.45. The highest BCUT2D eigenvalue weighted by molar-refractivity contribution is 5.88. The lowest BCUT2D eigenvalue weighted by molar-refractivity contribution is -0.338. The Morgan fingerprint density at radius 1 is 0.913 bits per heavy atom. The molecule has 11 heteroatoms. The molecule has 0 spiro atoms. The third kappa shape index (κ3) is 3.53. The molecular formula is C12H20O11. The molecule has 0 unspecified atom stereocenters. The van der Waals surface area contributed by atoms with Gasteiger partial charge in [-0.3, -0.25) is 4.79 Å². The van der Waals surface area contributed by atoms with Crippen molar-refractivity contribution in [3.05, 3.63) is 0 Å². The van der Waals surface area contributed by atoms with Gasteiger partial charge in [-0.15, -0.1) is 0 Å². The highest BCUT2D eigenvalue weighted by Crippen LogP contribution is 2.27. The highest BCUT2D eigenvalue weighted by Gasteiger charge is 2.50. The van der Waals surface area contributed by atoms with Crippen LogP contribution in [-0.4, -0.2) is 110 Å². The minimum Gasteiger partial charge on any atom is -0.394 e. The van der Waals surface area contributed by atoms with E-state index in [0.29, 0.717) is 0 Å². The Kier molecular flexibility index (Phi) is 6.02. The number of Topliss-reactive ketones (excluding diaryl/α,β-unsaturated/α-hetero) is 1. The number of rotatable bonds is 4. The van der Waals surface area contributed by atoms with Gasteiger partial charge in [-0.2, -0.15) is 0 Å². The molecule has 2 heterocycles. The second kappa shape index (κ2) is 7.44. The Balaban J connectivity index is 2.13. The van der Waals surface area contributed by atoms with Crippen LogP contribution in [0.2, 0.25) is 0 Å². The molecule has 0 saturated carbocycles. The number of hydrogen-bond acceptors (Lipinski definition) is 11. The van der Waals surface area contributed by atoms with Crippen LogP contribution in [0.15, 0.2) is 0 Å². The molecule has 2 rings (SSSR count). The normalized spacial score (nSPS) is 48.5. The first-order valence-electron chi connectivity index (χ1n) is 6.94. The summed E-state index contributed by atoms with van der Waals surface area (Å²) < 4.78 is 15.1. The SMILES string of the molecule is O=C1[C@@H](CO)O[C@@H](O[C@H]2[C@H](O)[C@@H](O)[C@H](O)O[C@@H]2CO)[C@H](O)[C@H]1O. The van der Waals surface area contributed by atoms with Gasteiger partial charge in [-0.1, -0.05) is 0 Å². The van der Waals surface area contributed by atoms with Crippen LogP contribution >= 0.6 is 0 Å². The van der Waals surface area contributed by atoms with Crippen LogP contribution in [-0.2, 0) is 19.0 Å². The van der Waals surface area contributed by atoms with Gasteiger partial charge in [0.25, 0.3) is 0 Å². The van der Waals surface area contributed by atoms with E-state index in [-0.39, 0.29) is 0 Å². The minimum absolute atomic E-state index is 0.695. The minimum atomic E-state index is -1.88. The molecule has 0 aromatic rings. The summed E-state index contributed by atoms with van der Waals surface area (Å²) in [6.07, 6.45) is -14.7. The maximum atomic E-state index is 11.5. The lowest BCUT2D eigenvalue weighted by Crippen LogP contribution is -2.63. The fraction of sp³-hybridized carbons (Fsp3) is 0.917. The van der Waals surface area contributed by atoms with Gasteiger partial charge in [-0.05, 0) is 0 Å². The fourth-order valence-electron chi connectivity index (χ4n) is 2.45. The number of ketones is 1. The van der Waals surface area contributed by atoms with Crippen LogP contribution in [0.25, 0.3) is 0 Å². The van der Waals surface area contributed by atoms with E-state index in [2.05, 4.69) is 0 Å². The van der Waals surface area contributed by atoms with Crippen molar-refractivity contribution >= 4 is 5.78 Å². The second-order valence-electron chi connectivity index (χ2n) is 5.34. The molecule has 0 amide bonds. The number of hydrogen-bond donors (Lipinski definition) is 7. The average Bonchev–Trinajstić information content (AvgIpc) is 2.55. The van der Waals surface area contributed by atoms with E-state index in [1.54, 1.807) is 0 Å². The number of ether oxygens (including phenoxy) is 3. The van der Waals surface area contributed by atoms with E-state index in [9.17, 15) is 35.4 Å². The number of aliphatic hydroxyl groups is 7. The van der Waals surface area contributed by atoms with Crippen molar-refractivity contribution in [3.8, 4) is 0 Å². The number of carbonyl (C=O) groups excluding carboxylic acids is 1. The molecule has 11 nitrogen and oxygen atoms in total. The Hall–Kier alpha value is -0.730. The molecule has 2 aliphatic rings. The second-order valence-corrected chi connectivity index (χ2v) is 5.34. The first-order valence-corrected chi connectivity index (χ1v) is 6.94. The lowest BCUT2D eigenvalue weighted by Gasteiger charge is -2.43. The smallest absolute Gasteiger partial charge is 0.195 e. The molecule has 0 aliphatic carbocycles. The van der Waals surface area contributed by atoms with Crippen molar-refractivity contribution in [3.63, 3.8) is 0 Å². The van der Waals surface area contributed by atoms with Gasteiger partial charge in [0.2, 0.25) is 0 Å². The Bertz CT molecular complexity index is 412. The molecule has 2 fully saturated rings. The molecule has 134 valence electrons. The van der Waals surface area contributed by atoms with Gasteiger partial charge in [-0.25, -0.2) is 0 Å². The van der Waals surface area contributed by atoms with Gasteiger partial charge in [0, 0.05) is 0 Å². The van der Waals surface area contributed by atoms with Crippen LogP contribution in [0.1, 0.15) is 0 Å². The zero-order chi connectivity index (χ0) is 17.3. The Labute approximate surface area is 130 Å². The van der Waals surface area contributed by atoms with Crippen molar-refractivity contribution < 1.29 is 54.8 Å². The van der Waals surface area contributed by atoms with Gasteiger partial charge in [0.1, 0.15) is 42.7 Å². The van der Waals surface area contributed by atoms with Crippen molar-refractivity contribution in [1.29, 1.82) is 0 Å². The summed E-state index contributed by atoms with van der Waals surface area (Å²) in [5.41, 5.74) is 0. The molecule has 0 radical (unpaired) electrons. The van der Waals surface area contributed by atoms with Gasteiger partial charge in [0.05, 0.1) is 13.2 Å². The summed E-state index contributed by atoms with van der Waals surface area (Å²) in [4.78, 5) is 11.5. The summed E-state index contributed by atoms with van der Waals surface area (Å²) in [7, 11) is 0. The summed E-state index contributed by atoms with van der Waals surface area (Å²) in [6.45, 7) is -1.46. The maximum Gasteiger partial charge on any atom is 0.195 e. The third-order valence-electron chi connectivity index (χ3n) is 3.81. The topological polar surface area (TPSA) is 186 Å². The number of aliphatic hydroxyl groups excluding tert-OH is 7. The maximum absolute atomic E-state index is 11.5. The molecule has 0 bridgehead atoms. The van der Waals surface area contributed by atoms with Crippen molar-refractivity contribution in [2.24, 2.45) is 0 Å². The molecule has 0 aromatic carbocycles. The Morgan fingerprint density at radius 2 is 1.57 bits per heavy atom. The quantitative estimate of drug-likeness (QED) is 0.259. The van der Waals surface area contributed by atoms with Crippen LogP contribution in [0.5, 0.6) is 0 Å². The standard InChI is InChI=1S/C12H20O11/c13-1-3-5(15)6(16)9(19)12(22-3)23-10-4(2-14)21-11(20)8(18)7(10)17/h3-4,6-14,16-20H,1-2H2/t3-,4-,6+,7-,8-,9-,10-,11-,12+/m1/s1. The average molecular weight is 340 g/mol. The molecule has 2 aliphatic heterocycles. The first kappa shape index (κ1) is 18.6. The lowest BCUT2D eigenvalue weighted by atomic mass is 9.98. The van der Waals surface area contributed by atoms with Crippen molar-refractivity contribution in [1.82, 2.24) is 0 Å². The molecule has 9 atom stereocenters. The molecule has 0 aromatic heterocycles. The Morgan fingerprint density at radius 3 is 2.13 bits per heavy atom. The van der Waals surface area contributed by atoms with E-state index in [1.165, 1.54) is 0 Å². The van der Waals surface area contributed by atoms with Gasteiger partial charge >= 0.3 is 0 Å². The van der Waals surface area contributed by atoms with E-state index in [4.69, 9.17) is 19.3 Å². The summed E-state index contributed by atoms with van der Waals surface area (Å²) >= 11 is 0. The summed E-state index contributed by atoms with van der Waals surface area (Å²) in [6, 6.07) is 0. The van der Waals surface area contributed by atoms with E-state index >= 15 is 0 Å². The van der Waals surface area contributed by atoms with Gasteiger partial charge < -0.3 is 50.0 Å². The van der Waals surface area contributed by atoms with Crippen LogP contribution in [0.4, 0.5) is 0 Å². The third-order valence-corrected chi connectivity index (χ3v) is 3.81. The largest absolute Gasteiger partial charge is 0.394 e. The number of carbonyl (C=O) groups is 1. The summed E-state index contributed by atoms with van der Waals surface area (Å²) in [5.74, 6) is -0.936. The molecule has 2 saturated heterocycles. The first-order chi connectivity index (χ1) is 10.8. The van der Waals surface area contributed by atoms with Crippen molar-refractivity contribution in [2.75, 3.05) is 13.2 Å². The zero-order valence-corrected chi connectivity index (χ0v) is 11.9. The highest BCUT2D eigenvalue weighted by atomic mass is 16.7. The van der Waals surface area contributed by atoms with Crippen LogP contribution in [0.3, 0.4) is 0 Å². The van der Waals surface area contributed by atoms with Gasteiger partial charge in [0.15, 0.2) is 18.4 Å². The van der Waals surface area contributed by atoms with Crippen molar-refractivity contribution in [2.45, 2.75) is 55.3 Å². The molecule has 7 N–H and O–H groups in total. The predicted molar refractivity (Wildman–Crippen MR) is 67.6 cm³/mol. The molecule has 23 heavy (non-hydrogen) atoms. The molecular weight excluding hydrogens is 320 g/mol.